The first-order valence-electron chi connectivity index (χ1n) is 16.7. The largest absolute Gasteiger partial charge is 0.508 e. The van der Waals surface area contributed by atoms with Gasteiger partial charge in [-0.2, -0.15) is 0 Å². The smallest absolute Gasteiger partial charge is 0.115 e. The van der Waals surface area contributed by atoms with Crippen LogP contribution in [0.25, 0.3) is 90.9 Å². The number of benzene rings is 4. The van der Waals surface area contributed by atoms with Gasteiger partial charge in [0.15, 0.2) is 0 Å². The topological polar surface area (TPSA) is 138 Å². The van der Waals surface area contributed by atoms with Gasteiger partial charge in [-0.05, 0) is 119 Å². The molecule has 9 rings (SSSR count). The Morgan fingerprint density at radius 2 is 0.509 bits per heavy atom. The molecule has 5 heterocycles. The molecule has 53 heavy (non-hydrogen) atoms. The number of phenols is 4. The number of nitrogens with one attached hydrogen (secondary N) is 2. The molecule has 2 aliphatic rings. The predicted octanol–water partition coefficient (Wildman–Crippen LogP) is 10.1. The molecule has 4 aromatic carbocycles. The van der Waals surface area contributed by atoms with Gasteiger partial charge >= 0.3 is 0 Å². The molecule has 0 spiro atoms. The van der Waals surface area contributed by atoms with Crippen molar-refractivity contribution in [3.8, 4) is 67.5 Å². The molecular formula is C44H30N4O4Pt. The molecule has 0 saturated heterocycles. The van der Waals surface area contributed by atoms with E-state index in [1.54, 1.807) is 48.5 Å². The quantitative estimate of drug-likeness (QED) is 0.104. The summed E-state index contributed by atoms with van der Waals surface area (Å²) in [5.74, 6) is 0.651. The molecule has 260 valence electrons. The van der Waals surface area contributed by atoms with Crippen molar-refractivity contribution in [2.45, 2.75) is 0 Å². The van der Waals surface area contributed by atoms with E-state index in [9.17, 15) is 20.4 Å². The van der Waals surface area contributed by atoms with E-state index in [-0.39, 0.29) is 44.1 Å². The van der Waals surface area contributed by atoms with Gasteiger partial charge in [0, 0.05) is 65.4 Å². The second-order valence-electron chi connectivity index (χ2n) is 12.7. The van der Waals surface area contributed by atoms with Crippen molar-refractivity contribution in [1.82, 2.24) is 19.9 Å². The Labute approximate surface area is 318 Å². The van der Waals surface area contributed by atoms with Crippen LogP contribution in [-0.2, 0) is 21.1 Å². The summed E-state index contributed by atoms with van der Waals surface area (Å²) in [7, 11) is 0. The number of H-pyrrole nitrogens is 2. The van der Waals surface area contributed by atoms with Gasteiger partial charge in [0.1, 0.15) is 23.0 Å². The predicted molar refractivity (Wildman–Crippen MR) is 207 cm³/mol. The van der Waals surface area contributed by atoms with Gasteiger partial charge in [0.25, 0.3) is 0 Å². The first-order valence-corrected chi connectivity index (χ1v) is 16.7. The van der Waals surface area contributed by atoms with E-state index >= 15 is 0 Å². The number of fused-ring (bicyclic) bond motifs is 8. The van der Waals surface area contributed by atoms with Crippen LogP contribution in [0.4, 0.5) is 0 Å². The van der Waals surface area contributed by atoms with Crippen LogP contribution in [0.3, 0.4) is 0 Å². The van der Waals surface area contributed by atoms with Crippen molar-refractivity contribution in [3.63, 3.8) is 0 Å². The third-order valence-corrected chi connectivity index (χ3v) is 9.38. The fourth-order valence-electron chi connectivity index (χ4n) is 6.93. The minimum Gasteiger partial charge on any atom is -0.508 e. The Morgan fingerprint density at radius 3 is 0.717 bits per heavy atom. The van der Waals surface area contributed by atoms with Gasteiger partial charge in [-0.3, -0.25) is 0 Å². The Kier molecular flexibility index (Phi) is 8.53. The number of rotatable bonds is 4. The molecule has 2 aliphatic heterocycles. The average Bonchev–Trinajstić information content (AvgIpc) is 3.99. The fraction of sp³-hybridized carbons (Fsp3) is 0. The van der Waals surface area contributed by atoms with Crippen LogP contribution >= 0.6 is 0 Å². The number of aromatic hydroxyl groups is 4. The first kappa shape index (κ1) is 33.5. The molecule has 3 aromatic heterocycles. The third-order valence-electron chi connectivity index (χ3n) is 9.38. The summed E-state index contributed by atoms with van der Waals surface area (Å²) in [6, 6.07) is 36.3. The van der Waals surface area contributed by atoms with Crippen LogP contribution in [0.2, 0.25) is 0 Å². The normalized spacial score (nSPS) is 11.8. The van der Waals surface area contributed by atoms with E-state index in [1.165, 1.54) is 0 Å². The zero-order valence-electron chi connectivity index (χ0n) is 27.9. The summed E-state index contributed by atoms with van der Waals surface area (Å²) >= 11 is 0. The van der Waals surface area contributed by atoms with Crippen molar-refractivity contribution in [2.75, 3.05) is 0 Å². The average molecular weight is 874 g/mol. The SMILES string of the molecule is Oc1ccc(-c2c3nc(c(-c4ccc(O)cc4)c4ccc([nH]4)c(-c4ccc(O)cc4)c4nc(c(-c5ccc(O)cc5)c5ccc2[nH]5)C=C4)C=C3)cc1.[Pt]. The maximum absolute atomic E-state index is 10.2. The summed E-state index contributed by atoms with van der Waals surface area (Å²) < 4.78 is 0. The molecule has 0 fully saturated rings. The number of aromatic amines is 2. The number of hydrogen-bond donors (Lipinski definition) is 6. The van der Waals surface area contributed by atoms with Crippen molar-refractivity contribution in [1.29, 1.82) is 0 Å². The van der Waals surface area contributed by atoms with Crippen LogP contribution in [0.1, 0.15) is 22.8 Å². The number of nitrogens with zero attached hydrogens (tertiary/aromatic N) is 2. The van der Waals surface area contributed by atoms with Gasteiger partial charge in [-0.25, -0.2) is 9.97 Å². The zero-order chi connectivity index (χ0) is 35.3. The van der Waals surface area contributed by atoms with Crippen molar-refractivity contribution < 1.29 is 41.5 Å². The molecule has 8 nitrogen and oxygen atoms in total. The summed E-state index contributed by atoms with van der Waals surface area (Å²) in [6.07, 6.45) is 7.96. The van der Waals surface area contributed by atoms with E-state index in [0.29, 0.717) is 0 Å². The van der Waals surface area contributed by atoms with E-state index in [2.05, 4.69) is 9.97 Å². The zero-order valence-corrected chi connectivity index (χ0v) is 30.1. The van der Waals surface area contributed by atoms with Crippen LogP contribution in [0.5, 0.6) is 23.0 Å². The standard InChI is InChI=1S/C44H30N4O4.Pt/c49-29-9-1-25(2-10-29)41-33-17-19-35(45-33)42(26-3-11-30(50)12-4-26)37-21-23-39(47-37)44(28-7-15-32(52)16-8-28)40-24-22-38(48-40)43(36-20-18-34(41)46-36)27-5-13-31(51)14-6-27;/h1-24,45,48-52H;. The molecule has 0 amide bonds. The van der Waals surface area contributed by atoms with Gasteiger partial charge in [-0.15, -0.1) is 0 Å². The van der Waals surface area contributed by atoms with Gasteiger partial charge < -0.3 is 30.4 Å². The molecule has 0 radical (unpaired) electrons. The van der Waals surface area contributed by atoms with E-state index in [4.69, 9.17) is 9.97 Å². The molecule has 7 aromatic rings. The Hall–Kier alpha value is -6.63. The first-order chi connectivity index (χ1) is 25.4. The monoisotopic (exact) mass is 873 g/mol. The Balaban J connectivity index is 0.00000400. The number of hydrogen-bond acceptors (Lipinski definition) is 6. The molecule has 0 unspecified atom stereocenters. The molecule has 6 N–H and O–H groups in total. The van der Waals surface area contributed by atoms with Crippen molar-refractivity contribution in [2.24, 2.45) is 0 Å². The molecule has 0 aliphatic carbocycles. The van der Waals surface area contributed by atoms with Gasteiger partial charge in [-0.1, -0.05) is 48.5 Å². The Morgan fingerprint density at radius 1 is 0.302 bits per heavy atom. The minimum atomic E-state index is 0. The van der Waals surface area contributed by atoms with Crippen LogP contribution in [0.15, 0.2) is 121 Å². The van der Waals surface area contributed by atoms with Crippen molar-refractivity contribution in [3.05, 3.63) is 144 Å². The van der Waals surface area contributed by atoms with E-state index in [0.717, 1.165) is 89.4 Å². The second-order valence-corrected chi connectivity index (χ2v) is 12.7. The molecule has 0 saturated carbocycles. The van der Waals surface area contributed by atoms with Crippen molar-refractivity contribution >= 4 is 46.4 Å². The fourth-order valence-corrected chi connectivity index (χ4v) is 6.93. The van der Waals surface area contributed by atoms with E-state index < -0.39 is 0 Å². The molecule has 8 bridgehead atoms. The number of aromatic nitrogens is 4. The summed E-state index contributed by atoms with van der Waals surface area (Å²) in [5.41, 5.74) is 12.9. The summed E-state index contributed by atoms with van der Waals surface area (Å²) in [4.78, 5) is 17.8. The van der Waals surface area contributed by atoms with Crippen LogP contribution in [0, 0.1) is 0 Å². The second kappa shape index (κ2) is 13.5. The molecular weight excluding hydrogens is 844 g/mol. The van der Waals surface area contributed by atoms with E-state index in [1.807, 2.05) is 97.1 Å². The molecule has 9 heteroatoms. The molecule has 0 atom stereocenters. The minimum absolute atomic E-state index is 0. The van der Waals surface area contributed by atoms with Gasteiger partial charge in [0.2, 0.25) is 0 Å². The maximum atomic E-state index is 10.2. The van der Waals surface area contributed by atoms with Gasteiger partial charge in [0.05, 0.1) is 22.8 Å². The van der Waals surface area contributed by atoms with Crippen LogP contribution < -0.4 is 0 Å². The summed E-state index contributed by atoms with van der Waals surface area (Å²) in [6.45, 7) is 0. The third kappa shape index (κ3) is 6.19. The van der Waals surface area contributed by atoms with Crippen LogP contribution in [-0.4, -0.2) is 40.4 Å². The Bertz CT molecular complexity index is 2370. The maximum Gasteiger partial charge on any atom is 0.115 e. The number of phenolic OH excluding ortho intramolecular Hbond substituents is 4. The summed E-state index contributed by atoms with van der Waals surface area (Å²) in [5, 5.41) is 40.7.